The maximum absolute atomic E-state index is 10.2. The lowest BCUT2D eigenvalue weighted by Gasteiger charge is -2.00. The molecule has 0 bridgehead atoms. The predicted octanol–water partition coefficient (Wildman–Crippen LogP) is -0.0674. The summed E-state index contributed by atoms with van der Waals surface area (Å²) >= 11 is 0. The third-order valence-electron chi connectivity index (χ3n) is 0.512. The molecule has 11 heavy (non-hydrogen) atoms. The highest BCUT2D eigenvalue weighted by atomic mass is 31.2. The molecule has 0 atom stereocenters. The highest BCUT2D eigenvalue weighted by Gasteiger charge is 2.15. The molecule has 0 radical (unpaired) electrons. The number of hydrogen-bond donors (Lipinski definition) is 2. The summed E-state index contributed by atoms with van der Waals surface area (Å²) in [5, 5.41) is 2.50. The van der Waals surface area contributed by atoms with Crippen molar-refractivity contribution < 1.29 is 23.7 Å². The van der Waals surface area contributed by atoms with Crippen LogP contribution in [0.15, 0.2) is 5.11 Å². The molecule has 9 heteroatoms. The van der Waals surface area contributed by atoms with Crippen molar-refractivity contribution in [2.24, 2.45) is 5.11 Å². The van der Waals surface area contributed by atoms with Crippen molar-refractivity contribution in [1.29, 1.82) is 0 Å². The van der Waals surface area contributed by atoms with Gasteiger partial charge in [-0.2, -0.15) is 0 Å². The molecule has 0 unspecified atom stereocenters. The Balaban J connectivity index is 3.81. The van der Waals surface area contributed by atoms with Gasteiger partial charge in [-0.3, -0.25) is 9.32 Å². The monoisotopic (exact) mass is 181 g/mol. The van der Waals surface area contributed by atoms with E-state index < -0.39 is 20.3 Å². The summed E-state index contributed by atoms with van der Waals surface area (Å²) in [4.78, 5) is 28.4. The molecule has 0 aliphatic heterocycles. The van der Waals surface area contributed by atoms with Crippen LogP contribution < -0.4 is 0 Å². The van der Waals surface area contributed by atoms with E-state index in [1.54, 1.807) is 0 Å². The number of phosphoric acid groups is 1. The summed E-state index contributed by atoms with van der Waals surface area (Å²) in [6.45, 7) is -0.922. The average Bonchev–Trinajstić information content (AvgIpc) is 1.83. The van der Waals surface area contributed by atoms with Crippen LogP contribution in [0.3, 0.4) is 0 Å². The molecule has 2 N–H and O–H groups in total. The van der Waals surface area contributed by atoms with E-state index in [9.17, 15) is 9.36 Å². The first-order valence-corrected chi connectivity index (χ1v) is 3.77. The van der Waals surface area contributed by atoms with Gasteiger partial charge in [-0.25, -0.2) is 4.57 Å². The molecule has 1 amide bonds. The zero-order valence-electron chi connectivity index (χ0n) is 5.12. The summed E-state index contributed by atoms with van der Waals surface area (Å²) in [5.74, 6) is -1.09. The van der Waals surface area contributed by atoms with E-state index in [2.05, 4.69) is 14.5 Å². The van der Waals surface area contributed by atoms with Crippen molar-refractivity contribution in [2.45, 2.75) is 0 Å². The molecule has 0 aliphatic rings. The topological polar surface area (TPSA) is 133 Å². The van der Waals surface area contributed by atoms with E-state index in [-0.39, 0.29) is 0 Å². The van der Waals surface area contributed by atoms with Gasteiger partial charge in [0.05, 0.1) is 0 Å². The molecule has 0 fully saturated rings. The number of rotatable bonds is 3. The van der Waals surface area contributed by atoms with Gasteiger partial charge in [0.2, 0.25) is 5.91 Å². The van der Waals surface area contributed by atoms with Gasteiger partial charge in [0.15, 0.2) is 0 Å². The second-order valence-electron chi connectivity index (χ2n) is 1.35. The van der Waals surface area contributed by atoms with Crippen LogP contribution in [-0.2, 0) is 13.9 Å². The van der Waals surface area contributed by atoms with Crippen LogP contribution in [0.5, 0.6) is 0 Å². The molecule has 0 aliphatic carbocycles. The first-order chi connectivity index (χ1) is 4.95. The van der Waals surface area contributed by atoms with Crippen molar-refractivity contribution >= 4 is 13.7 Å². The summed E-state index contributed by atoms with van der Waals surface area (Å²) in [6, 6.07) is 0. The molecule has 0 aromatic heterocycles. The fourth-order valence-electron chi connectivity index (χ4n) is 0.218. The van der Waals surface area contributed by atoms with Crippen molar-refractivity contribution in [1.82, 2.24) is 0 Å². The molecule has 0 aromatic rings. The van der Waals surface area contributed by atoms with Gasteiger partial charge >= 0.3 is 7.82 Å². The van der Waals surface area contributed by atoms with Crippen LogP contribution in [0.25, 0.3) is 10.4 Å². The first-order valence-electron chi connectivity index (χ1n) is 2.24. The third-order valence-corrected chi connectivity index (χ3v) is 0.978. The molecule has 0 saturated carbocycles. The summed E-state index contributed by atoms with van der Waals surface area (Å²) in [5.41, 5.74) is 7.65. The zero-order valence-corrected chi connectivity index (χ0v) is 6.01. The number of amides is 1. The summed E-state index contributed by atoms with van der Waals surface area (Å²) in [7, 11) is -4.65. The molecule has 0 heterocycles. The summed E-state index contributed by atoms with van der Waals surface area (Å²) < 4.78 is 13.6. The molecule has 0 rings (SSSR count). The van der Waals surface area contributed by atoms with Crippen molar-refractivity contribution in [3.8, 4) is 0 Å². The Morgan fingerprint density at radius 1 is 1.73 bits per heavy atom. The number of phosphoric ester groups is 1. The lowest BCUT2D eigenvalue weighted by atomic mass is 10.7. The smallest absolute Gasteiger partial charge is 0.303 e. The zero-order chi connectivity index (χ0) is 8.91. The SMILES string of the molecule is [N-]=[N+]=NC(=O)COP(=O)(O)O. The Morgan fingerprint density at radius 3 is 2.64 bits per heavy atom. The number of carbonyl (C=O) groups excluding carboxylic acids is 1. The van der Waals surface area contributed by atoms with Gasteiger partial charge in [-0.05, 0) is 10.6 Å². The Bertz CT molecular complexity index is 238. The van der Waals surface area contributed by atoms with E-state index in [0.29, 0.717) is 0 Å². The Hall–Kier alpha value is -0.910. The van der Waals surface area contributed by atoms with Crippen molar-refractivity contribution in [2.75, 3.05) is 6.61 Å². The van der Waals surface area contributed by atoms with Gasteiger partial charge in [-0.1, -0.05) is 0 Å². The largest absolute Gasteiger partial charge is 0.470 e. The normalized spacial score (nSPS) is 10.4. The van der Waals surface area contributed by atoms with Gasteiger partial charge < -0.3 is 9.79 Å². The van der Waals surface area contributed by atoms with E-state index >= 15 is 0 Å². The second kappa shape index (κ2) is 4.07. The molecule has 8 nitrogen and oxygen atoms in total. The fraction of sp³-hybridized carbons (Fsp3) is 0.500. The maximum atomic E-state index is 10.2. The minimum atomic E-state index is -4.65. The minimum absolute atomic E-state index is 0.922. The molecule has 0 aromatic carbocycles. The van der Waals surface area contributed by atoms with Crippen molar-refractivity contribution in [3.05, 3.63) is 10.4 Å². The fourth-order valence-corrected chi connectivity index (χ4v) is 0.497. The Labute approximate surface area is 60.7 Å². The molecular formula is C2H4N3O5P. The summed E-state index contributed by atoms with van der Waals surface area (Å²) in [6.07, 6.45) is 0. The van der Waals surface area contributed by atoms with Gasteiger partial charge in [0.25, 0.3) is 0 Å². The van der Waals surface area contributed by atoms with E-state index in [4.69, 9.17) is 15.3 Å². The Kier molecular flexibility index (Phi) is 3.73. The standard InChI is InChI=1S/C2H4N3O5P/c3-5-4-2(6)1-10-11(7,8)9/h1H2,(H2,7,8,9). The average molecular weight is 181 g/mol. The lowest BCUT2D eigenvalue weighted by molar-refractivity contribution is -0.120. The number of carbonyl (C=O) groups is 1. The van der Waals surface area contributed by atoms with Crippen LogP contribution in [0, 0.1) is 0 Å². The highest BCUT2D eigenvalue weighted by molar-refractivity contribution is 7.46. The van der Waals surface area contributed by atoms with Crippen LogP contribution in [-0.4, -0.2) is 22.3 Å². The molecule has 0 saturated heterocycles. The molecule has 62 valence electrons. The first kappa shape index (κ1) is 10.1. The van der Waals surface area contributed by atoms with Gasteiger partial charge in [0.1, 0.15) is 6.61 Å². The van der Waals surface area contributed by atoms with E-state index in [1.807, 2.05) is 0 Å². The Morgan fingerprint density at radius 2 is 2.27 bits per heavy atom. The lowest BCUT2D eigenvalue weighted by Crippen LogP contribution is -2.02. The second-order valence-corrected chi connectivity index (χ2v) is 2.59. The number of azide groups is 1. The maximum Gasteiger partial charge on any atom is 0.470 e. The number of nitrogens with zero attached hydrogens (tertiary/aromatic N) is 3. The predicted molar refractivity (Wildman–Crippen MR) is 32.1 cm³/mol. The van der Waals surface area contributed by atoms with E-state index in [1.165, 1.54) is 0 Å². The highest BCUT2D eigenvalue weighted by Crippen LogP contribution is 2.35. The molecule has 0 spiro atoms. The van der Waals surface area contributed by atoms with E-state index in [0.717, 1.165) is 0 Å². The van der Waals surface area contributed by atoms with Crippen molar-refractivity contribution in [3.63, 3.8) is 0 Å². The van der Waals surface area contributed by atoms with Crippen LogP contribution >= 0.6 is 7.82 Å². The number of hydrogen-bond acceptors (Lipinski definition) is 3. The minimum Gasteiger partial charge on any atom is -0.303 e. The van der Waals surface area contributed by atoms with Gasteiger partial charge in [0, 0.05) is 4.91 Å². The van der Waals surface area contributed by atoms with Gasteiger partial charge in [-0.15, -0.1) is 0 Å². The van der Waals surface area contributed by atoms with Crippen LogP contribution in [0.2, 0.25) is 0 Å². The third kappa shape index (κ3) is 6.98. The molecular weight excluding hydrogens is 177 g/mol. The quantitative estimate of drug-likeness (QED) is 0.272. The van der Waals surface area contributed by atoms with Crippen LogP contribution in [0.4, 0.5) is 0 Å². The van der Waals surface area contributed by atoms with Crippen LogP contribution in [0.1, 0.15) is 0 Å².